The molecule has 0 amide bonds. The van der Waals surface area contributed by atoms with Crippen molar-refractivity contribution in [1.82, 2.24) is 10.2 Å². The quantitative estimate of drug-likeness (QED) is 0.784. The molecule has 0 radical (unpaired) electrons. The van der Waals surface area contributed by atoms with Crippen molar-refractivity contribution in [3.05, 3.63) is 41.7 Å². The van der Waals surface area contributed by atoms with Gasteiger partial charge in [-0.15, -0.1) is 0 Å². The number of aliphatic imine (C=N–C) groups is 1. The van der Waals surface area contributed by atoms with Crippen LogP contribution in [0.1, 0.15) is 31.7 Å². The van der Waals surface area contributed by atoms with Crippen LogP contribution in [0.3, 0.4) is 0 Å². The third-order valence-electron chi connectivity index (χ3n) is 4.02. The van der Waals surface area contributed by atoms with Crippen molar-refractivity contribution in [2.75, 3.05) is 18.4 Å². The zero-order valence-corrected chi connectivity index (χ0v) is 13.4. The van der Waals surface area contributed by atoms with E-state index in [9.17, 15) is 0 Å². The van der Waals surface area contributed by atoms with Crippen molar-refractivity contribution >= 4 is 11.5 Å². The molecule has 1 fully saturated rings. The molecule has 118 valence electrons. The summed E-state index contributed by atoms with van der Waals surface area (Å²) in [4.78, 5) is 6.96. The topological polar surface area (TPSA) is 65.7 Å². The fraction of sp³-hybridized carbons (Fsp3) is 0.471. The van der Waals surface area contributed by atoms with Gasteiger partial charge in [-0.25, -0.2) is 4.99 Å². The molecule has 2 heterocycles. The molecule has 0 saturated carbocycles. The molecule has 5 nitrogen and oxygen atoms in total. The summed E-state index contributed by atoms with van der Waals surface area (Å²) >= 11 is 0. The molecule has 22 heavy (non-hydrogen) atoms. The normalized spacial score (nSPS) is 25.1. The largest absolute Gasteiger partial charge is 0.357 e. The molecule has 0 aliphatic carbocycles. The van der Waals surface area contributed by atoms with Crippen LogP contribution in [0.15, 0.2) is 41.2 Å². The maximum atomic E-state index is 6.24. The van der Waals surface area contributed by atoms with Gasteiger partial charge in [-0.1, -0.05) is 17.7 Å². The first kappa shape index (κ1) is 14.9. The first-order valence-corrected chi connectivity index (χ1v) is 7.99. The lowest BCUT2D eigenvalue weighted by Gasteiger charge is -2.35. The van der Waals surface area contributed by atoms with E-state index in [1.807, 2.05) is 6.92 Å². The highest BCUT2D eigenvalue weighted by atomic mass is 15.3. The number of likely N-dealkylation sites (tertiary alicyclic amines) is 1. The first-order valence-electron chi connectivity index (χ1n) is 7.99. The Hall–Kier alpha value is -2.01. The third kappa shape index (κ3) is 3.60. The van der Waals surface area contributed by atoms with E-state index in [4.69, 9.17) is 5.73 Å². The Morgan fingerprint density at radius 3 is 2.55 bits per heavy atom. The van der Waals surface area contributed by atoms with Gasteiger partial charge in [-0.3, -0.25) is 5.73 Å². The molecule has 1 aromatic carbocycles. The molecule has 0 aromatic heterocycles. The van der Waals surface area contributed by atoms with Gasteiger partial charge in [0.25, 0.3) is 0 Å². The van der Waals surface area contributed by atoms with E-state index in [1.165, 1.54) is 24.8 Å². The van der Waals surface area contributed by atoms with Gasteiger partial charge in [0.15, 0.2) is 5.79 Å². The summed E-state index contributed by atoms with van der Waals surface area (Å²) in [7, 11) is 0. The van der Waals surface area contributed by atoms with Crippen molar-refractivity contribution in [1.29, 1.82) is 0 Å². The van der Waals surface area contributed by atoms with Gasteiger partial charge < -0.3 is 15.5 Å². The molecule has 0 bridgehead atoms. The molecule has 4 N–H and O–H groups in total. The van der Waals surface area contributed by atoms with Crippen molar-refractivity contribution in [3.8, 4) is 0 Å². The summed E-state index contributed by atoms with van der Waals surface area (Å²) in [6.45, 7) is 6.09. The van der Waals surface area contributed by atoms with E-state index in [0.29, 0.717) is 0 Å². The molecule has 1 saturated heterocycles. The second-order valence-corrected chi connectivity index (χ2v) is 6.34. The minimum atomic E-state index is -0.783. The standard InChI is InChI=1S/C17H25N5/c1-13-6-8-14(9-7-13)19-15-12-16(21-17(2,18)20-15)22-10-4-3-5-11-22/h6-9,12,19-20H,3-5,10-11,18H2,1-2H3. The van der Waals surface area contributed by atoms with E-state index in [0.717, 1.165) is 30.4 Å². The minimum Gasteiger partial charge on any atom is -0.357 e. The third-order valence-corrected chi connectivity index (χ3v) is 4.02. The number of nitrogens with one attached hydrogen (secondary N) is 2. The number of nitrogens with two attached hydrogens (primary N) is 1. The van der Waals surface area contributed by atoms with E-state index in [-0.39, 0.29) is 0 Å². The van der Waals surface area contributed by atoms with Crippen molar-refractivity contribution in [2.24, 2.45) is 10.7 Å². The highest BCUT2D eigenvalue weighted by molar-refractivity contribution is 5.95. The molecule has 1 aromatic rings. The second kappa shape index (κ2) is 6.01. The molecule has 1 unspecified atom stereocenters. The van der Waals surface area contributed by atoms with Gasteiger partial charge in [0.1, 0.15) is 11.7 Å². The van der Waals surface area contributed by atoms with Crippen LogP contribution in [0.4, 0.5) is 5.69 Å². The summed E-state index contributed by atoms with van der Waals surface area (Å²) in [5.41, 5.74) is 8.52. The Morgan fingerprint density at radius 1 is 1.18 bits per heavy atom. The predicted molar refractivity (Wildman–Crippen MR) is 91.5 cm³/mol. The van der Waals surface area contributed by atoms with Crippen molar-refractivity contribution < 1.29 is 0 Å². The summed E-state index contributed by atoms with van der Waals surface area (Å²) in [6.07, 6.45) is 5.81. The van der Waals surface area contributed by atoms with Crippen LogP contribution in [-0.4, -0.2) is 29.6 Å². The van der Waals surface area contributed by atoms with Crippen LogP contribution < -0.4 is 16.4 Å². The summed E-state index contributed by atoms with van der Waals surface area (Å²) in [6, 6.07) is 8.32. The monoisotopic (exact) mass is 299 g/mol. The maximum Gasteiger partial charge on any atom is 0.182 e. The number of benzene rings is 1. The zero-order chi connectivity index (χ0) is 15.6. The second-order valence-electron chi connectivity index (χ2n) is 6.34. The summed E-state index contributed by atoms with van der Waals surface area (Å²) in [5, 5.41) is 6.63. The van der Waals surface area contributed by atoms with Gasteiger partial charge in [-0.2, -0.15) is 0 Å². The lowest BCUT2D eigenvalue weighted by atomic mass is 10.1. The summed E-state index contributed by atoms with van der Waals surface area (Å²) < 4.78 is 0. The number of amidine groups is 1. The Morgan fingerprint density at radius 2 is 1.86 bits per heavy atom. The molecule has 2 aliphatic rings. The van der Waals surface area contributed by atoms with E-state index in [2.05, 4.69) is 57.8 Å². The lowest BCUT2D eigenvalue weighted by Crippen LogP contribution is -2.54. The molecule has 3 rings (SSSR count). The van der Waals surface area contributed by atoms with Gasteiger partial charge in [0, 0.05) is 24.9 Å². The van der Waals surface area contributed by atoms with Crippen molar-refractivity contribution in [3.63, 3.8) is 0 Å². The van der Waals surface area contributed by atoms with E-state index < -0.39 is 5.79 Å². The Balaban J connectivity index is 1.79. The fourth-order valence-corrected chi connectivity index (χ4v) is 2.88. The highest BCUT2D eigenvalue weighted by Crippen LogP contribution is 2.18. The number of anilines is 1. The fourth-order valence-electron chi connectivity index (χ4n) is 2.88. The number of hydrogen-bond donors (Lipinski definition) is 3. The predicted octanol–water partition coefficient (Wildman–Crippen LogP) is 2.37. The van der Waals surface area contributed by atoms with Crippen LogP contribution in [0.25, 0.3) is 0 Å². The number of aryl methyl sites for hydroxylation is 1. The van der Waals surface area contributed by atoms with Crippen LogP contribution in [0, 0.1) is 6.92 Å². The SMILES string of the molecule is Cc1ccc(NC2=CC(N3CCCCC3)=NC(C)(N)N2)cc1. The zero-order valence-electron chi connectivity index (χ0n) is 13.4. The van der Waals surface area contributed by atoms with Gasteiger partial charge in [0.2, 0.25) is 0 Å². The Kier molecular flexibility index (Phi) is 4.07. The molecular formula is C17H25N5. The number of hydrogen-bond acceptors (Lipinski definition) is 5. The van der Waals surface area contributed by atoms with Crippen LogP contribution in [0.2, 0.25) is 0 Å². The van der Waals surface area contributed by atoms with Gasteiger partial charge in [0.05, 0.1) is 0 Å². The average Bonchev–Trinajstić information content (AvgIpc) is 2.49. The maximum absolute atomic E-state index is 6.24. The molecule has 2 aliphatic heterocycles. The molecular weight excluding hydrogens is 274 g/mol. The lowest BCUT2D eigenvalue weighted by molar-refractivity contribution is 0.329. The number of nitrogens with zero attached hydrogens (tertiary/aromatic N) is 2. The molecule has 0 spiro atoms. The average molecular weight is 299 g/mol. The molecule has 1 atom stereocenters. The van der Waals surface area contributed by atoms with Crippen LogP contribution in [-0.2, 0) is 0 Å². The Labute approximate surface area is 132 Å². The Bertz CT molecular complexity index is 580. The van der Waals surface area contributed by atoms with Crippen LogP contribution in [0.5, 0.6) is 0 Å². The van der Waals surface area contributed by atoms with E-state index >= 15 is 0 Å². The molecule has 5 heteroatoms. The van der Waals surface area contributed by atoms with Gasteiger partial charge in [-0.05, 0) is 45.2 Å². The van der Waals surface area contributed by atoms with Crippen LogP contribution >= 0.6 is 0 Å². The first-order chi connectivity index (χ1) is 10.5. The number of rotatable bonds is 2. The minimum absolute atomic E-state index is 0.783. The summed E-state index contributed by atoms with van der Waals surface area (Å²) in [5.74, 6) is 1.08. The van der Waals surface area contributed by atoms with Crippen molar-refractivity contribution in [2.45, 2.75) is 38.9 Å². The van der Waals surface area contributed by atoms with E-state index in [1.54, 1.807) is 0 Å². The highest BCUT2D eigenvalue weighted by Gasteiger charge is 2.26. The van der Waals surface area contributed by atoms with Gasteiger partial charge >= 0.3 is 0 Å². The smallest absolute Gasteiger partial charge is 0.182 e. The number of piperidine rings is 1.